The van der Waals surface area contributed by atoms with Gasteiger partial charge in [-0.3, -0.25) is 14.4 Å². The summed E-state index contributed by atoms with van der Waals surface area (Å²) in [5.74, 6) is -3.58. The van der Waals surface area contributed by atoms with Gasteiger partial charge in [0.15, 0.2) is 0 Å². The molecule has 0 aromatic heterocycles. The minimum atomic E-state index is -0.859. The average Bonchev–Trinajstić information content (AvgIpc) is 3.42. The lowest BCUT2D eigenvalue weighted by molar-refractivity contribution is -0.165. The molecule has 0 amide bonds. The molecule has 3 atom stereocenters. The fourth-order valence-electron chi connectivity index (χ4n) is 5.63. The minimum absolute atomic E-state index is 0.322. The highest BCUT2D eigenvalue weighted by Crippen LogP contribution is 2.39. The van der Waals surface area contributed by atoms with Gasteiger partial charge in [0, 0.05) is 0 Å². The molecule has 6 heteroatoms. The van der Waals surface area contributed by atoms with Crippen LogP contribution in [0.2, 0.25) is 0 Å². The first-order valence-electron chi connectivity index (χ1n) is 17.4. The Balaban J connectivity index is 2.54. The molecule has 0 saturated heterocycles. The zero-order valence-electron chi connectivity index (χ0n) is 26.9. The molecular formula is C35H63O6. The second-order valence-corrected chi connectivity index (χ2v) is 12.0. The van der Waals surface area contributed by atoms with E-state index in [1.165, 1.54) is 77.0 Å². The van der Waals surface area contributed by atoms with Crippen molar-refractivity contribution in [2.24, 2.45) is 17.8 Å². The van der Waals surface area contributed by atoms with Crippen molar-refractivity contribution in [1.29, 1.82) is 0 Å². The van der Waals surface area contributed by atoms with Crippen molar-refractivity contribution in [3.63, 3.8) is 0 Å². The average molecular weight is 580 g/mol. The van der Waals surface area contributed by atoms with Crippen molar-refractivity contribution in [3.8, 4) is 0 Å². The molecule has 1 aliphatic carbocycles. The van der Waals surface area contributed by atoms with Crippen molar-refractivity contribution in [2.75, 3.05) is 19.8 Å². The number of esters is 3. The molecule has 239 valence electrons. The van der Waals surface area contributed by atoms with Gasteiger partial charge in [-0.15, -0.1) is 0 Å². The summed E-state index contributed by atoms with van der Waals surface area (Å²) in [6.45, 7) is 7.65. The summed E-state index contributed by atoms with van der Waals surface area (Å²) in [4.78, 5) is 39.2. The van der Waals surface area contributed by atoms with E-state index >= 15 is 0 Å². The largest absolute Gasteiger partial charge is 0.465 e. The van der Waals surface area contributed by atoms with Gasteiger partial charge in [0.2, 0.25) is 0 Å². The maximum Gasteiger partial charge on any atom is 0.310 e. The number of ether oxygens (including phenoxy) is 3. The Labute approximate surface area is 252 Å². The van der Waals surface area contributed by atoms with Crippen molar-refractivity contribution < 1.29 is 28.6 Å². The Morgan fingerprint density at radius 1 is 0.488 bits per heavy atom. The van der Waals surface area contributed by atoms with E-state index in [2.05, 4.69) is 20.8 Å². The van der Waals surface area contributed by atoms with E-state index < -0.39 is 35.7 Å². The van der Waals surface area contributed by atoms with Crippen LogP contribution in [0, 0.1) is 24.2 Å². The molecule has 1 fully saturated rings. The van der Waals surface area contributed by atoms with E-state index in [0.717, 1.165) is 57.8 Å². The SMILES string of the molecule is CCCCCCCCCOC(=O)C1[CH]CC(C(=O)OCCCCCCCCC)C1C(=O)OCCCCCCCCC. The zero-order chi connectivity index (χ0) is 30.0. The van der Waals surface area contributed by atoms with Gasteiger partial charge in [0.05, 0.1) is 37.6 Å². The van der Waals surface area contributed by atoms with Crippen LogP contribution in [0.25, 0.3) is 0 Å². The van der Waals surface area contributed by atoms with Crippen LogP contribution in [0.4, 0.5) is 0 Å². The Bertz CT molecular complexity index is 623. The van der Waals surface area contributed by atoms with Gasteiger partial charge in [-0.05, 0) is 32.1 Å². The molecule has 0 spiro atoms. The van der Waals surface area contributed by atoms with Crippen LogP contribution in [0.15, 0.2) is 0 Å². The predicted molar refractivity (Wildman–Crippen MR) is 166 cm³/mol. The standard InChI is InChI=1S/C35H63O6/c1-4-7-10-13-16-19-22-27-39-33(36)30-25-26-31(34(37)40-28-23-20-17-14-11-8-5-2)32(30)35(38)41-29-24-21-18-15-12-9-6-3/h25,30-32H,4-24,26-29H2,1-3H3. The number of hydrogen-bond acceptors (Lipinski definition) is 6. The van der Waals surface area contributed by atoms with E-state index in [1.54, 1.807) is 6.42 Å². The molecule has 3 unspecified atom stereocenters. The minimum Gasteiger partial charge on any atom is -0.465 e. The highest BCUT2D eigenvalue weighted by Gasteiger charge is 2.50. The number of carbonyl (C=O) groups excluding carboxylic acids is 3. The highest BCUT2D eigenvalue weighted by atomic mass is 16.5. The first-order valence-corrected chi connectivity index (χ1v) is 17.4. The third-order valence-electron chi connectivity index (χ3n) is 8.29. The molecule has 0 aliphatic heterocycles. The van der Waals surface area contributed by atoms with E-state index in [9.17, 15) is 14.4 Å². The Kier molecular flexibility index (Phi) is 23.8. The van der Waals surface area contributed by atoms with Gasteiger partial charge in [0.1, 0.15) is 0 Å². The molecule has 1 saturated carbocycles. The van der Waals surface area contributed by atoms with Crippen molar-refractivity contribution >= 4 is 17.9 Å². The maximum absolute atomic E-state index is 13.2. The number of hydrogen-bond donors (Lipinski definition) is 0. The van der Waals surface area contributed by atoms with Crippen molar-refractivity contribution in [3.05, 3.63) is 6.42 Å². The van der Waals surface area contributed by atoms with Gasteiger partial charge >= 0.3 is 17.9 Å². The summed E-state index contributed by atoms with van der Waals surface area (Å²) in [7, 11) is 0. The highest BCUT2D eigenvalue weighted by molar-refractivity contribution is 5.89. The van der Waals surface area contributed by atoms with Gasteiger partial charge in [0.25, 0.3) is 0 Å². The van der Waals surface area contributed by atoms with Crippen LogP contribution >= 0.6 is 0 Å². The van der Waals surface area contributed by atoms with Crippen LogP contribution < -0.4 is 0 Å². The lowest BCUT2D eigenvalue weighted by Crippen LogP contribution is -2.36. The molecule has 6 nitrogen and oxygen atoms in total. The Hall–Kier alpha value is -1.59. The van der Waals surface area contributed by atoms with Gasteiger partial charge < -0.3 is 14.2 Å². The van der Waals surface area contributed by atoms with E-state index in [4.69, 9.17) is 14.2 Å². The molecule has 1 radical (unpaired) electrons. The van der Waals surface area contributed by atoms with Crippen molar-refractivity contribution in [1.82, 2.24) is 0 Å². The van der Waals surface area contributed by atoms with E-state index in [1.807, 2.05) is 0 Å². The molecule has 1 rings (SSSR count). The number of rotatable bonds is 27. The lowest BCUT2D eigenvalue weighted by atomic mass is 9.89. The molecule has 0 bridgehead atoms. The first-order chi connectivity index (χ1) is 20.1. The van der Waals surface area contributed by atoms with Gasteiger partial charge in [-0.25, -0.2) is 0 Å². The molecule has 0 heterocycles. The predicted octanol–water partition coefficient (Wildman–Crippen LogP) is 9.32. The summed E-state index contributed by atoms with van der Waals surface area (Å²) >= 11 is 0. The molecular weight excluding hydrogens is 516 g/mol. The molecule has 0 aromatic rings. The van der Waals surface area contributed by atoms with Crippen molar-refractivity contribution in [2.45, 2.75) is 162 Å². The van der Waals surface area contributed by atoms with Crippen LogP contribution in [-0.2, 0) is 28.6 Å². The van der Waals surface area contributed by atoms with E-state index in [-0.39, 0.29) is 0 Å². The van der Waals surface area contributed by atoms with Crippen LogP contribution in [0.3, 0.4) is 0 Å². The fraction of sp³-hybridized carbons (Fsp3) is 0.886. The summed E-state index contributed by atoms with van der Waals surface area (Å²) < 4.78 is 16.8. The number of carbonyl (C=O) groups is 3. The molecule has 0 N–H and O–H groups in total. The lowest BCUT2D eigenvalue weighted by Gasteiger charge is -2.22. The third kappa shape index (κ3) is 17.9. The fourth-order valence-corrected chi connectivity index (χ4v) is 5.63. The second kappa shape index (κ2) is 26.1. The summed E-state index contributed by atoms with van der Waals surface area (Å²) in [5, 5.41) is 0. The normalized spacial score (nSPS) is 18.4. The third-order valence-corrected chi connectivity index (χ3v) is 8.29. The van der Waals surface area contributed by atoms with Crippen LogP contribution in [-0.4, -0.2) is 37.7 Å². The molecule has 41 heavy (non-hydrogen) atoms. The second-order valence-electron chi connectivity index (χ2n) is 12.0. The summed E-state index contributed by atoms with van der Waals surface area (Å²) in [5.41, 5.74) is 0. The topological polar surface area (TPSA) is 78.9 Å². The van der Waals surface area contributed by atoms with Gasteiger partial charge in [-0.2, -0.15) is 0 Å². The zero-order valence-corrected chi connectivity index (χ0v) is 26.9. The first kappa shape index (κ1) is 37.4. The Morgan fingerprint density at radius 3 is 1.24 bits per heavy atom. The Morgan fingerprint density at radius 2 is 0.829 bits per heavy atom. The van der Waals surface area contributed by atoms with E-state index in [0.29, 0.717) is 26.2 Å². The summed E-state index contributed by atoms with van der Waals surface area (Å²) in [6, 6.07) is 0. The monoisotopic (exact) mass is 579 g/mol. The van der Waals surface area contributed by atoms with Gasteiger partial charge in [-0.1, -0.05) is 136 Å². The van der Waals surface area contributed by atoms with Crippen LogP contribution in [0.5, 0.6) is 0 Å². The van der Waals surface area contributed by atoms with Crippen LogP contribution in [0.1, 0.15) is 162 Å². The molecule has 1 aliphatic rings. The quantitative estimate of drug-likeness (QED) is 0.0548. The maximum atomic E-state index is 13.2. The smallest absolute Gasteiger partial charge is 0.310 e. The summed E-state index contributed by atoms with van der Waals surface area (Å²) in [6.07, 6.45) is 25.9. The molecule has 0 aromatic carbocycles. The number of unbranched alkanes of at least 4 members (excludes halogenated alkanes) is 18.